The molecule has 0 N–H and O–H groups in total. The summed E-state index contributed by atoms with van der Waals surface area (Å²) in [6.07, 6.45) is 3.44. The highest BCUT2D eigenvalue weighted by molar-refractivity contribution is 6.15. The number of esters is 2. The van der Waals surface area contributed by atoms with Gasteiger partial charge in [-0.25, -0.2) is 9.59 Å². The molecule has 0 amide bonds. The summed E-state index contributed by atoms with van der Waals surface area (Å²) in [6, 6.07) is 15.5. The van der Waals surface area contributed by atoms with Gasteiger partial charge in [-0.3, -0.25) is 0 Å². The average molecular weight is 378 g/mol. The lowest BCUT2D eigenvalue weighted by Crippen LogP contribution is -2.15. The van der Waals surface area contributed by atoms with Crippen molar-refractivity contribution in [2.24, 2.45) is 0 Å². The molecule has 0 radical (unpaired) electrons. The number of carbonyl (C=O) groups excluding carboxylic acids is 2. The van der Waals surface area contributed by atoms with Crippen molar-refractivity contribution in [2.45, 2.75) is 39.5 Å². The highest BCUT2D eigenvalue weighted by Gasteiger charge is 2.23. The second-order valence-electron chi connectivity index (χ2n) is 6.89. The van der Waals surface area contributed by atoms with Crippen molar-refractivity contribution >= 4 is 33.5 Å². The lowest BCUT2D eigenvalue weighted by Gasteiger charge is -2.13. The third-order valence-electron chi connectivity index (χ3n) is 4.77. The van der Waals surface area contributed by atoms with Crippen molar-refractivity contribution in [1.29, 1.82) is 0 Å². The Morgan fingerprint density at radius 1 is 0.750 bits per heavy atom. The van der Waals surface area contributed by atoms with Gasteiger partial charge in [-0.15, -0.1) is 0 Å². The molecular formula is C24H26O4. The smallest absolute Gasteiger partial charge is 0.339 e. The van der Waals surface area contributed by atoms with E-state index in [0.717, 1.165) is 41.8 Å². The van der Waals surface area contributed by atoms with E-state index in [1.54, 1.807) is 6.07 Å². The maximum absolute atomic E-state index is 12.9. The van der Waals surface area contributed by atoms with Gasteiger partial charge in [0.05, 0.1) is 24.3 Å². The Morgan fingerprint density at radius 3 is 2.00 bits per heavy atom. The molecule has 0 heterocycles. The minimum absolute atomic E-state index is 0.264. The molecule has 28 heavy (non-hydrogen) atoms. The van der Waals surface area contributed by atoms with Crippen LogP contribution in [0.25, 0.3) is 21.5 Å². The zero-order valence-electron chi connectivity index (χ0n) is 16.5. The number of hydrogen-bond donors (Lipinski definition) is 0. The number of rotatable bonds is 8. The first-order valence-electron chi connectivity index (χ1n) is 9.95. The van der Waals surface area contributed by atoms with Gasteiger partial charge in [0.1, 0.15) is 0 Å². The minimum Gasteiger partial charge on any atom is -0.462 e. The fourth-order valence-electron chi connectivity index (χ4n) is 3.17. The van der Waals surface area contributed by atoms with E-state index >= 15 is 0 Å². The summed E-state index contributed by atoms with van der Waals surface area (Å²) in [6.45, 7) is 4.75. The molecule has 3 aromatic carbocycles. The summed E-state index contributed by atoms with van der Waals surface area (Å²) >= 11 is 0. The molecule has 146 valence electrons. The van der Waals surface area contributed by atoms with Crippen LogP contribution in [0.1, 0.15) is 60.2 Å². The maximum atomic E-state index is 12.9. The normalized spacial score (nSPS) is 10.9. The predicted octanol–water partition coefficient (Wildman–Crippen LogP) is 5.91. The van der Waals surface area contributed by atoms with E-state index < -0.39 is 11.9 Å². The molecule has 0 bridgehead atoms. The molecule has 0 saturated carbocycles. The largest absolute Gasteiger partial charge is 0.462 e. The average Bonchev–Trinajstić information content (AvgIpc) is 2.71. The van der Waals surface area contributed by atoms with Crippen LogP contribution in [0.4, 0.5) is 0 Å². The van der Waals surface area contributed by atoms with Gasteiger partial charge in [-0.2, -0.15) is 0 Å². The van der Waals surface area contributed by atoms with Crippen molar-refractivity contribution in [3.63, 3.8) is 0 Å². The minimum atomic E-state index is -0.481. The van der Waals surface area contributed by atoms with E-state index in [2.05, 4.69) is 0 Å². The van der Waals surface area contributed by atoms with E-state index in [0.29, 0.717) is 24.2 Å². The van der Waals surface area contributed by atoms with Crippen molar-refractivity contribution < 1.29 is 19.1 Å². The number of ether oxygens (including phenoxy) is 2. The van der Waals surface area contributed by atoms with Crippen LogP contribution in [0.15, 0.2) is 48.5 Å². The van der Waals surface area contributed by atoms with Gasteiger partial charge < -0.3 is 9.47 Å². The Labute approximate surface area is 165 Å². The number of hydrogen-bond acceptors (Lipinski definition) is 4. The molecule has 0 aliphatic heterocycles. The molecule has 0 spiro atoms. The number of benzene rings is 3. The first-order valence-corrected chi connectivity index (χ1v) is 9.95. The zero-order valence-corrected chi connectivity index (χ0v) is 16.5. The summed E-state index contributed by atoms with van der Waals surface area (Å²) in [5.41, 5.74) is 0.557. The maximum Gasteiger partial charge on any atom is 0.339 e. The monoisotopic (exact) mass is 378 g/mol. The van der Waals surface area contributed by atoms with Crippen molar-refractivity contribution in [3.8, 4) is 0 Å². The summed E-state index contributed by atoms with van der Waals surface area (Å²) in [7, 11) is 0. The van der Waals surface area contributed by atoms with Crippen molar-refractivity contribution in [1.82, 2.24) is 0 Å². The predicted molar refractivity (Wildman–Crippen MR) is 112 cm³/mol. The van der Waals surface area contributed by atoms with Crippen LogP contribution >= 0.6 is 0 Å². The van der Waals surface area contributed by atoms with E-state index in [-0.39, 0.29) is 5.56 Å². The summed E-state index contributed by atoms with van der Waals surface area (Å²) in [5.74, 6) is -0.956. The molecule has 0 aliphatic rings. The van der Waals surface area contributed by atoms with Crippen LogP contribution in [0.3, 0.4) is 0 Å². The Kier molecular flexibility index (Phi) is 6.64. The molecule has 0 saturated heterocycles. The van der Waals surface area contributed by atoms with Crippen LogP contribution in [-0.2, 0) is 9.47 Å². The molecule has 4 nitrogen and oxygen atoms in total. The first-order chi connectivity index (χ1) is 13.7. The second-order valence-corrected chi connectivity index (χ2v) is 6.89. The van der Waals surface area contributed by atoms with Crippen LogP contribution in [0.5, 0.6) is 0 Å². The molecule has 0 atom stereocenters. The number of carbonyl (C=O) groups is 2. The fourth-order valence-corrected chi connectivity index (χ4v) is 3.17. The molecule has 0 aromatic heterocycles. The molecule has 0 unspecified atom stereocenters. The lowest BCUT2D eigenvalue weighted by atomic mass is 9.96. The van der Waals surface area contributed by atoms with E-state index in [1.807, 2.05) is 56.3 Å². The van der Waals surface area contributed by atoms with Crippen LogP contribution in [-0.4, -0.2) is 25.2 Å². The van der Waals surface area contributed by atoms with Gasteiger partial charge in [0.25, 0.3) is 0 Å². The van der Waals surface area contributed by atoms with E-state index in [9.17, 15) is 9.59 Å². The molecular weight excluding hydrogens is 352 g/mol. The zero-order chi connectivity index (χ0) is 19.9. The molecule has 4 heteroatoms. The summed E-state index contributed by atoms with van der Waals surface area (Å²) < 4.78 is 10.8. The topological polar surface area (TPSA) is 52.6 Å². The molecule has 3 rings (SSSR count). The third kappa shape index (κ3) is 4.33. The van der Waals surface area contributed by atoms with Crippen LogP contribution in [0.2, 0.25) is 0 Å². The third-order valence-corrected chi connectivity index (χ3v) is 4.77. The Morgan fingerprint density at radius 2 is 1.36 bits per heavy atom. The standard InChI is InChI=1S/C24H26O4/c1-3-5-13-27-23(25)20-12-11-19-15-17-9-7-8-10-18(17)16-21(19)22(20)24(26)28-14-6-4-2/h7-12,15-16H,3-6,13-14H2,1-2H3. The van der Waals surface area contributed by atoms with Crippen LogP contribution < -0.4 is 0 Å². The molecule has 0 aliphatic carbocycles. The number of fused-ring (bicyclic) bond motifs is 2. The second kappa shape index (κ2) is 9.36. The van der Waals surface area contributed by atoms with E-state index in [4.69, 9.17) is 9.47 Å². The Balaban J connectivity index is 2.09. The van der Waals surface area contributed by atoms with Crippen molar-refractivity contribution in [3.05, 3.63) is 59.7 Å². The number of unbranched alkanes of at least 4 members (excludes halogenated alkanes) is 2. The quantitative estimate of drug-likeness (QED) is 0.278. The highest BCUT2D eigenvalue weighted by atomic mass is 16.5. The van der Waals surface area contributed by atoms with Gasteiger partial charge in [-0.05, 0) is 52.6 Å². The lowest BCUT2D eigenvalue weighted by molar-refractivity contribution is 0.0454. The van der Waals surface area contributed by atoms with E-state index in [1.165, 1.54) is 0 Å². The highest BCUT2D eigenvalue weighted by Crippen LogP contribution is 2.29. The summed E-state index contributed by atoms with van der Waals surface area (Å²) in [4.78, 5) is 25.5. The van der Waals surface area contributed by atoms with Gasteiger partial charge >= 0.3 is 11.9 Å². The van der Waals surface area contributed by atoms with Crippen molar-refractivity contribution in [2.75, 3.05) is 13.2 Å². The van der Waals surface area contributed by atoms with Crippen LogP contribution in [0, 0.1) is 0 Å². The van der Waals surface area contributed by atoms with Gasteiger partial charge in [0, 0.05) is 0 Å². The first kappa shape index (κ1) is 19.9. The molecule has 0 fully saturated rings. The Hall–Kier alpha value is -2.88. The SMILES string of the molecule is CCCCOC(=O)c1ccc2cc3ccccc3cc2c1C(=O)OCCCC. The van der Waals surface area contributed by atoms with Gasteiger partial charge in [0.15, 0.2) is 0 Å². The van der Waals surface area contributed by atoms with Gasteiger partial charge in [0.2, 0.25) is 0 Å². The Bertz CT molecular complexity index is 990. The molecule has 3 aromatic rings. The fraction of sp³-hybridized carbons (Fsp3) is 0.333. The van der Waals surface area contributed by atoms with Gasteiger partial charge in [-0.1, -0.05) is 57.0 Å². The summed E-state index contributed by atoms with van der Waals surface area (Å²) in [5, 5.41) is 3.70.